The van der Waals surface area contributed by atoms with E-state index < -0.39 is 4.75 Å². The number of aryl methyl sites for hydroxylation is 2. The van der Waals surface area contributed by atoms with E-state index in [4.69, 9.17) is 14.2 Å². The predicted molar refractivity (Wildman–Crippen MR) is 151 cm³/mol. The Labute approximate surface area is 229 Å². The van der Waals surface area contributed by atoms with Gasteiger partial charge in [-0.2, -0.15) is 0 Å². The molecule has 0 bridgehead atoms. The van der Waals surface area contributed by atoms with Crippen LogP contribution < -0.4 is 19.5 Å². The Bertz CT molecular complexity index is 1260. The highest BCUT2D eigenvalue weighted by Gasteiger charge is 2.45. The maximum Gasteiger partial charge on any atom is 0.287 e. The first kappa shape index (κ1) is 27.6. The van der Waals surface area contributed by atoms with Crippen molar-refractivity contribution in [3.63, 3.8) is 0 Å². The van der Waals surface area contributed by atoms with E-state index in [2.05, 4.69) is 24.4 Å². The minimum absolute atomic E-state index is 0.246. The van der Waals surface area contributed by atoms with E-state index in [0.29, 0.717) is 6.61 Å². The fourth-order valence-electron chi connectivity index (χ4n) is 4.48. The van der Waals surface area contributed by atoms with E-state index in [0.717, 1.165) is 84.4 Å². The van der Waals surface area contributed by atoms with Gasteiger partial charge in [-0.3, -0.25) is 14.9 Å². The number of ether oxygens (including phenoxy) is 3. The first-order valence-corrected chi connectivity index (χ1v) is 13.9. The standard InChI is InChI=1S/C31H35NO5S/c1-4-9-23-21-27(37-26-15-13-25(35-3)14-16-26)17-18-28(23)36-19-7-5-6-10-22-11-8-12-24(20-22)31(2)29(33)32-30(34)38-31/h8,11-18,20-21H,4-7,9-10,19H2,1-3H3,(H,32,33,34). The van der Waals surface area contributed by atoms with Gasteiger partial charge in [0, 0.05) is 0 Å². The molecular weight excluding hydrogens is 498 g/mol. The molecule has 6 nitrogen and oxygen atoms in total. The molecular formula is C31H35NO5S. The van der Waals surface area contributed by atoms with Crippen molar-refractivity contribution in [1.29, 1.82) is 0 Å². The fraction of sp³-hybridized carbons (Fsp3) is 0.355. The van der Waals surface area contributed by atoms with Crippen molar-refractivity contribution >= 4 is 22.9 Å². The Kier molecular flexibility index (Phi) is 9.34. The molecule has 1 aliphatic heterocycles. The Morgan fingerprint density at radius 2 is 1.63 bits per heavy atom. The zero-order valence-electron chi connectivity index (χ0n) is 22.3. The number of methoxy groups -OCH3 is 1. The van der Waals surface area contributed by atoms with Gasteiger partial charge in [0.1, 0.15) is 27.7 Å². The zero-order chi connectivity index (χ0) is 27.0. The van der Waals surface area contributed by atoms with Crippen molar-refractivity contribution in [1.82, 2.24) is 5.32 Å². The lowest BCUT2D eigenvalue weighted by molar-refractivity contribution is -0.121. The zero-order valence-corrected chi connectivity index (χ0v) is 23.1. The van der Waals surface area contributed by atoms with Gasteiger partial charge in [-0.05, 0) is 110 Å². The lowest BCUT2D eigenvalue weighted by Gasteiger charge is -2.19. The highest BCUT2D eigenvalue weighted by Crippen LogP contribution is 2.41. The van der Waals surface area contributed by atoms with Crippen LogP contribution in [0.15, 0.2) is 66.7 Å². The topological polar surface area (TPSA) is 73.9 Å². The van der Waals surface area contributed by atoms with E-state index in [9.17, 15) is 9.59 Å². The molecule has 1 aliphatic rings. The normalized spacial score (nSPS) is 16.8. The van der Waals surface area contributed by atoms with Crippen LogP contribution in [0, 0.1) is 0 Å². The van der Waals surface area contributed by atoms with Crippen LogP contribution in [-0.2, 0) is 22.4 Å². The van der Waals surface area contributed by atoms with Crippen molar-refractivity contribution in [3.05, 3.63) is 83.4 Å². The van der Waals surface area contributed by atoms with Gasteiger partial charge in [0.05, 0.1) is 13.7 Å². The molecule has 0 spiro atoms. The van der Waals surface area contributed by atoms with Crippen LogP contribution in [0.4, 0.5) is 4.79 Å². The molecule has 0 aromatic heterocycles. The van der Waals surface area contributed by atoms with E-state index in [1.165, 1.54) is 5.56 Å². The number of hydrogen-bond acceptors (Lipinski definition) is 6. The Balaban J connectivity index is 1.25. The monoisotopic (exact) mass is 533 g/mol. The molecule has 3 aromatic rings. The van der Waals surface area contributed by atoms with Crippen molar-refractivity contribution in [2.24, 2.45) is 0 Å². The van der Waals surface area contributed by atoms with Gasteiger partial charge in [0.2, 0.25) is 5.91 Å². The summed E-state index contributed by atoms with van der Waals surface area (Å²) in [6.45, 7) is 4.62. The number of rotatable bonds is 13. The van der Waals surface area contributed by atoms with Gasteiger partial charge in [-0.25, -0.2) is 0 Å². The van der Waals surface area contributed by atoms with Crippen LogP contribution in [0.2, 0.25) is 0 Å². The van der Waals surface area contributed by atoms with Gasteiger partial charge in [-0.1, -0.05) is 37.6 Å². The first-order chi connectivity index (χ1) is 18.4. The molecule has 1 heterocycles. The molecule has 1 saturated heterocycles. The second-order valence-corrected chi connectivity index (χ2v) is 10.9. The summed E-state index contributed by atoms with van der Waals surface area (Å²) < 4.78 is 16.5. The molecule has 1 atom stereocenters. The van der Waals surface area contributed by atoms with E-state index in [1.54, 1.807) is 14.0 Å². The summed E-state index contributed by atoms with van der Waals surface area (Å²) in [5.74, 6) is 3.02. The average molecular weight is 534 g/mol. The van der Waals surface area contributed by atoms with Crippen LogP contribution in [-0.4, -0.2) is 24.9 Å². The molecule has 2 amide bonds. The molecule has 0 aliphatic carbocycles. The Morgan fingerprint density at radius 3 is 2.34 bits per heavy atom. The van der Waals surface area contributed by atoms with Crippen molar-refractivity contribution < 1.29 is 23.8 Å². The van der Waals surface area contributed by atoms with E-state index in [-0.39, 0.29) is 11.1 Å². The fourth-order valence-corrected chi connectivity index (χ4v) is 5.38. The van der Waals surface area contributed by atoms with Crippen LogP contribution in [0.25, 0.3) is 0 Å². The molecule has 1 N–H and O–H groups in total. The van der Waals surface area contributed by atoms with Gasteiger partial charge < -0.3 is 14.2 Å². The third-order valence-electron chi connectivity index (χ3n) is 6.64. The molecule has 38 heavy (non-hydrogen) atoms. The Hall–Kier alpha value is -3.45. The number of hydrogen-bond donors (Lipinski definition) is 1. The second-order valence-electron chi connectivity index (χ2n) is 9.53. The van der Waals surface area contributed by atoms with E-state index in [1.807, 2.05) is 54.6 Å². The highest BCUT2D eigenvalue weighted by molar-refractivity contribution is 8.15. The number of carbonyl (C=O) groups excluding carboxylic acids is 2. The molecule has 7 heteroatoms. The van der Waals surface area contributed by atoms with E-state index >= 15 is 0 Å². The summed E-state index contributed by atoms with van der Waals surface area (Å²) in [7, 11) is 1.65. The smallest absolute Gasteiger partial charge is 0.287 e. The van der Waals surface area contributed by atoms with Gasteiger partial charge in [-0.15, -0.1) is 0 Å². The summed E-state index contributed by atoms with van der Waals surface area (Å²) in [6, 6.07) is 21.6. The third kappa shape index (κ3) is 6.90. The van der Waals surface area contributed by atoms with Gasteiger partial charge in [0.15, 0.2) is 0 Å². The summed E-state index contributed by atoms with van der Waals surface area (Å²) >= 11 is 1.05. The third-order valence-corrected chi connectivity index (χ3v) is 7.75. The van der Waals surface area contributed by atoms with Gasteiger partial charge in [0.25, 0.3) is 5.24 Å². The first-order valence-electron chi connectivity index (χ1n) is 13.1. The molecule has 3 aromatic carbocycles. The SMILES string of the molecule is CCCc1cc(Oc2ccc(OC)cc2)ccc1OCCCCCc1cccc(C2(C)SC(=O)NC2=O)c1. The minimum Gasteiger partial charge on any atom is -0.497 e. The van der Waals surface area contributed by atoms with Crippen LogP contribution >= 0.6 is 11.8 Å². The van der Waals surface area contributed by atoms with Crippen molar-refractivity contribution in [3.8, 4) is 23.0 Å². The van der Waals surface area contributed by atoms with Crippen LogP contribution in [0.1, 0.15) is 56.2 Å². The summed E-state index contributed by atoms with van der Waals surface area (Å²) in [5.41, 5.74) is 3.20. The molecule has 1 unspecified atom stereocenters. The van der Waals surface area contributed by atoms with Crippen molar-refractivity contribution in [2.75, 3.05) is 13.7 Å². The summed E-state index contributed by atoms with van der Waals surface area (Å²) in [4.78, 5) is 24.0. The minimum atomic E-state index is -0.855. The maximum absolute atomic E-state index is 12.3. The predicted octanol–water partition coefficient (Wildman–Crippen LogP) is 7.43. The number of amides is 2. The molecule has 4 rings (SSSR count). The number of benzene rings is 3. The number of carbonyl (C=O) groups is 2. The lowest BCUT2D eigenvalue weighted by Crippen LogP contribution is -2.31. The average Bonchev–Trinajstić information content (AvgIpc) is 3.19. The highest BCUT2D eigenvalue weighted by atomic mass is 32.2. The molecule has 200 valence electrons. The second kappa shape index (κ2) is 12.9. The molecule has 0 radical (unpaired) electrons. The number of thioether (sulfide) groups is 1. The number of imide groups is 1. The van der Waals surface area contributed by atoms with Crippen molar-refractivity contribution in [2.45, 2.75) is 57.1 Å². The summed E-state index contributed by atoms with van der Waals surface area (Å²) in [5, 5.41) is 2.11. The van der Waals surface area contributed by atoms with Crippen LogP contribution in [0.3, 0.4) is 0 Å². The number of nitrogens with one attached hydrogen (secondary N) is 1. The largest absolute Gasteiger partial charge is 0.497 e. The quantitative estimate of drug-likeness (QED) is 0.230. The lowest BCUT2D eigenvalue weighted by atomic mass is 9.95. The van der Waals surface area contributed by atoms with Gasteiger partial charge >= 0.3 is 0 Å². The summed E-state index contributed by atoms with van der Waals surface area (Å²) in [6.07, 6.45) is 5.89. The maximum atomic E-state index is 12.3. The Morgan fingerprint density at radius 1 is 0.868 bits per heavy atom. The number of unbranched alkanes of at least 4 members (excludes halogenated alkanes) is 2. The molecule has 0 saturated carbocycles. The molecule has 1 fully saturated rings. The van der Waals surface area contributed by atoms with Crippen LogP contribution in [0.5, 0.6) is 23.0 Å².